The first-order chi connectivity index (χ1) is 13.1. The van der Waals surface area contributed by atoms with Gasteiger partial charge in [0.1, 0.15) is 17.1 Å². The Bertz CT molecular complexity index is 1080. The molecule has 3 rings (SSSR count). The van der Waals surface area contributed by atoms with Crippen LogP contribution >= 0.6 is 24.0 Å². The van der Waals surface area contributed by atoms with E-state index in [4.69, 9.17) is 20.8 Å². The number of ether oxygens (including phenoxy) is 1. The van der Waals surface area contributed by atoms with Crippen LogP contribution in [0.25, 0.3) is 11.0 Å². The molecule has 1 heterocycles. The maximum absolute atomic E-state index is 13.6. The molecule has 2 aromatic carbocycles. The molecule has 0 aliphatic heterocycles. The summed E-state index contributed by atoms with van der Waals surface area (Å²) in [5.41, 5.74) is -1.26. The summed E-state index contributed by atoms with van der Waals surface area (Å²) in [6.07, 6.45) is -4.99. The van der Waals surface area contributed by atoms with E-state index in [1.807, 2.05) is 0 Å². The van der Waals surface area contributed by atoms with E-state index in [2.05, 4.69) is 0 Å². The zero-order chi connectivity index (χ0) is 20.6. The zero-order valence-electron chi connectivity index (χ0n) is 15.2. The van der Waals surface area contributed by atoms with E-state index < -0.39 is 23.1 Å². The third-order valence-corrected chi connectivity index (χ3v) is 4.11. The maximum atomic E-state index is 13.6. The fourth-order valence-electron chi connectivity index (χ4n) is 2.66. The van der Waals surface area contributed by atoms with Crippen LogP contribution in [-0.2, 0) is 12.7 Å². The van der Waals surface area contributed by atoms with Gasteiger partial charge >= 0.3 is 6.18 Å². The van der Waals surface area contributed by atoms with Gasteiger partial charge in [-0.25, -0.2) is 0 Å². The monoisotopic (exact) mass is 449 g/mol. The van der Waals surface area contributed by atoms with Gasteiger partial charge in [0.25, 0.3) is 5.76 Å². The molecule has 0 unspecified atom stereocenters. The van der Waals surface area contributed by atoms with Gasteiger partial charge in [-0.2, -0.15) is 13.2 Å². The van der Waals surface area contributed by atoms with Gasteiger partial charge in [-0.15, -0.1) is 12.4 Å². The van der Waals surface area contributed by atoms with Crippen molar-refractivity contribution in [3.05, 3.63) is 63.0 Å². The Morgan fingerprint density at radius 3 is 2.31 bits per heavy atom. The summed E-state index contributed by atoms with van der Waals surface area (Å²) in [4.78, 5) is 14.4. The van der Waals surface area contributed by atoms with E-state index >= 15 is 0 Å². The predicted molar refractivity (Wildman–Crippen MR) is 105 cm³/mol. The van der Waals surface area contributed by atoms with Gasteiger partial charge in [-0.1, -0.05) is 11.6 Å². The topological polar surface area (TPSA) is 62.9 Å². The fraction of sp³-hybridized carbons (Fsp3) is 0.211. The van der Waals surface area contributed by atoms with Crippen LogP contribution in [0.2, 0.25) is 5.02 Å². The Morgan fingerprint density at radius 2 is 1.76 bits per heavy atom. The Labute approximate surface area is 174 Å². The minimum absolute atomic E-state index is 0. The lowest BCUT2D eigenvalue weighted by atomic mass is 10.1. The molecule has 0 atom stereocenters. The van der Waals surface area contributed by atoms with Gasteiger partial charge in [0.15, 0.2) is 0 Å². The van der Waals surface area contributed by atoms with Crippen molar-refractivity contribution in [2.24, 2.45) is 0 Å². The van der Waals surface area contributed by atoms with Crippen LogP contribution in [0.4, 0.5) is 13.2 Å². The van der Waals surface area contributed by atoms with Gasteiger partial charge in [0.05, 0.1) is 10.9 Å². The average molecular weight is 450 g/mol. The van der Waals surface area contributed by atoms with Gasteiger partial charge < -0.3 is 19.2 Å². The van der Waals surface area contributed by atoms with E-state index in [1.54, 1.807) is 19.0 Å². The highest BCUT2D eigenvalue weighted by molar-refractivity contribution is 6.30. The minimum Gasteiger partial charge on any atom is -0.507 e. The molecule has 0 radical (unpaired) electrons. The van der Waals surface area contributed by atoms with Crippen LogP contribution in [-0.4, -0.2) is 24.1 Å². The van der Waals surface area contributed by atoms with Crippen LogP contribution in [0.15, 0.2) is 45.6 Å². The highest BCUT2D eigenvalue weighted by Gasteiger charge is 2.41. The first kappa shape index (κ1) is 22.9. The van der Waals surface area contributed by atoms with Crippen molar-refractivity contribution in [2.75, 3.05) is 14.1 Å². The summed E-state index contributed by atoms with van der Waals surface area (Å²) in [6.45, 7) is 0.0702. The van der Waals surface area contributed by atoms with Crippen LogP contribution in [0.3, 0.4) is 0 Å². The summed E-state index contributed by atoms with van der Waals surface area (Å²) < 4.78 is 51.1. The van der Waals surface area contributed by atoms with Crippen LogP contribution in [0.5, 0.6) is 17.2 Å². The quantitative estimate of drug-likeness (QED) is 0.573. The standard InChI is InChI=1S/C19H15ClF3NO4.ClH/c1-24(2)9-13-14(25)8-7-12-15(26)17(18(19(21,22)23)28-16(12)13)27-11-5-3-10(20)4-6-11;/h3-8,25H,9H2,1-2H3;1H. The summed E-state index contributed by atoms with van der Waals surface area (Å²) >= 11 is 5.76. The molecule has 1 aromatic heterocycles. The second kappa shape index (κ2) is 8.52. The summed E-state index contributed by atoms with van der Waals surface area (Å²) in [7, 11) is 3.33. The number of phenolic OH excluding ortho intramolecular Hbond substituents is 1. The highest BCUT2D eigenvalue weighted by atomic mass is 35.5. The Kier molecular flexibility index (Phi) is 6.72. The molecule has 156 valence electrons. The van der Waals surface area contributed by atoms with Crippen LogP contribution in [0, 0.1) is 0 Å². The average Bonchev–Trinajstić information content (AvgIpc) is 2.60. The molecular weight excluding hydrogens is 434 g/mol. The third-order valence-electron chi connectivity index (χ3n) is 3.86. The smallest absolute Gasteiger partial charge is 0.453 e. The van der Waals surface area contributed by atoms with E-state index in [-0.39, 0.29) is 47.0 Å². The number of halogens is 5. The first-order valence-corrected chi connectivity index (χ1v) is 8.42. The summed E-state index contributed by atoms with van der Waals surface area (Å²) in [5.74, 6) is -2.84. The number of alkyl halides is 3. The first-order valence-electron chi connectivity index (χ1n) is 8.05. The molecule has 3 aromatic rings. The van der Waals surface area contributed by atoms with E-state index in [1.165, 1.54) is 36.4 Å². The molecule has 0 bridgehead atoms. The molecule has 29 heavy (non-hydrogen) atoms. The molecule has 0 aliphatic carbocycles. The second-order valence-corrected chi connectivity index (χ2v) is 6.76. The van der Waals surface area contributed by atoms with Crippen molar-refractivity contribution in [3.63, 3.8) is 0 Å². The number of fused-ring (bicyclic) bond motifs is 1. The SMILES string of the molecule is CN(C)Cc1c(O)ccc2c(=O)c(Oc3ccc(Cl)cc3)c(C(F)(F)F)oc12.Cl. The van der Waals surface area contributed by atoms with Crippen LogP contribution in [0.1, 0.15) is 11.3 Å². The number of nitrogens with zero attached hydrogens (tertiary/aromatic N) is 1. The van der Waals surface area contributed by atoms with Crippen molar-refractivity contribution in [1.29, 1.82) is 0 Å². The van der Waals surface area contributed by atoms with Crippen molar-refractivity contribution in [1.82, 2.24) is 4.90 Å². The Balaban J connectivity index is 0.00000300. The number of phenols is 1. The maximum Gasteiger partial charge on any atom is 0.453 e. The normalized spacial score (nSPS) is 11.6. The van der Waals surface area contributed by atoms with Gasteiger partial charge in [-0.05, 0) is 50.5 Å². The van der Waals surface area contributed by atoms with E-state index in [0.29, 0.717) is 5.02 Å². The molecule has 0 saturated heterocycles. The third kappa shape index (κ3) is 4.77. The lowest BCUT2D eigenvalue weighted by Gasteiger charge is -2.16. The molecular formula is C19H16Cl2F3NO4. The molecule has 0 saturated carbocycles. The van der Waals surface area contributed by atoms with Crippen molar-refractivity contribution < 1.29 is 27.4 Å². The molecule has 0 fully saturated rings. The van der Waals surface area contributed by atoms with Gasteiger partial charge in [-0.3, -0.25) is 4.79 Å². The molecule has 10 heteroatoms. The Hall–Kier alpha value is -2.42. The number of hydrogen-bond acceptors (Lipinski definition) is 5. The second-order valence-electron chi connectivity index (χ2n) is 6.32. The minimum atomic E-state index is -4.99. The lowest BCUT2D eigenvalue weighted by Crippen LogP contribution is -2.17. The van der Waals surface area contributed by atoms with E-state index in [9.17, 15) is 23.1 Å². The van der Waals surface area contributed by atoms with Gasteiger partial charge in [0.2, 0.25) is 11.2 Å². The number of benzene rings is 2. The van der Waals surface area contributed by atoms with Crippen LogP contribution < -0.4 is 10.2 Å². The van der Waals surface area contributed by atoms with Crippen molar-refractivity contribution in [3.8, 4) is 17.2 Å². The molecule has 0 amide bonds. The molecule has 5 nitrogen and oxygen atoms in total. The molecule has 0 spiro atoms. The zero-order valence-corrected chi connectivity index (χ0v) is 16.8. The van der Waals surface area contributed by atoms with Crippen molar-refractivity contribution in [2.45, 2.75) is 12.7 Å². The van der Waals surface area contributed by atoms with E-state index in [0.717, 1.165) is 0 Å². The predicted octanol–water partition coefficient (Wildman–Crippen LogP) is 5.45. The Morgan fingerprint density at radius 1 is 1.14 bits per heavy atom. The number of hydrogen-bond donors (Lipinski definition) is 1. The van der Waals surface area contributed by atoms with Gasteiger partial charge in [0, 0.05) is 11.6 Å². The summed E-state index contributed by atoms with van der Waals surface area (Å²) in [5, 5.41) is 10.3. The fourth-order valence-corrected chi connectivity index (χ4v) is 2.78. The number of rotatable bonds is 4. The highest BCUT2D eigenvalue weighted by Crippen LogP contribution is 2.40. The molecule has 0 aliphatic rings. The lowest BCUT2D eigenvalue weighted by molar-refractivity contribution is -0.154. The molecule has 1 N–H and O–H groups in total. The van der Waals surface area contributed by atoms with Crippen molar-refractivity contribution >= 4 is 35.0 Å². The number of aromatic hydroxyl groups is 1. The summed E-state index contributed by atoms with van der Waals surface area (Å²) in [6, 6.07) is 7.93. The largest absolute Gasteiger partial charge is 0.507 e.